The van der Waals surface area contributed by atoms with Crippen LogP contribution in [-0.2, 0) is 13.6 Å². The third-order valence-electron chi connectivity index (χ3n) is 3.77. The summed E-state index contributed by atoms with van der Waals surface area (Å²) >= 11 is 6.22. The van der Waals surface area contributed by atoms with Gasteiger partial charge in [-0.3, -0.25) is 9.58 Å². The molecule has 0 amide bonds. The first kappa shape index (κ1) is 15.0. The molecule has 2 N–H and O–H groups in total. The van der Waals surface area contributed by atoms with E-state index in [1.807, 2.05) is 42.2 Å². The minimum atomic E-state index is 0.139. The molecule has 0 saturated heterocycles. The molecule has 0 aliphatic rings. The Balaban J connectivity index is 2.20. The quantitative estimate of drug-likeness (QED) is 0.921. The van der Waals surface area contributed by atoms with E-state index in [0.717, 1.165) is 22.8 Å². The van der Waals surface area contributed by atoms with Gasteiger partial charge < -0.3 is 5.73 Å². The SMILES string of the molecule is Cc1c(C(CN)N(C)Cc2ccccc2Cl)cnn1C. The summed E-state index contributed by atoms with van der Waals surface area (Å²) in [6.07, 6.45) is 1.90. The van der Waals surface area contributed by atoms with E-state index < -0.39 is 0 Å². The molecule has 1 heterocycles. The number of rotatable bonds is 5. The monoisotopic (exact) mass is 292 g/mol. The van der Waals surface area contributed by atoms with Gasteiger partial charge in [-0.2, -0.15) is 5.10 Å². The van der Waals surface area contributed by atoms with Gasteiger partial charge in [0.15, 0.2) is 0 Å². The highest BCUT2D eigenvalue weighted by Gasteiger charge is 2.20. The highest BCUT2D eigenvalue weighted by molar-refractivity contribution is 6.31. The molecule has 0 fully saturated rings. The highest BCUT2D eigenvalue weighted by atomic mass is 35.5. The Hall–Kier alpha value is -1.36. The molecule has 1 aromatic heterocycles. The molecule has 4 nitrogen and oxygen atoms in total. The molecule has 1 aromatic carbocycles. The van der Waals surface area contributed by atoms with E-state index in [1.54, 1.807) is 0 Å². The Kier molecular flexibility index (Phi) is 4.81. The van der Waals surface area contributed by atoms with Crippen molar-refractivity contribution < 1.29 is 0 Å². The Morgan fingerprint density at radius 2 is 2.10 bits per heavy atom. The fraction of sp³-hybridized carbons (Fsp3) is 0.400. The van der Waals surface area contributed by atoms with E-state index >= 15 is 0 Å². The average molecular weight is 293 g/mol. The molecule has 0 spiro atoms. The van der Waals surface area contributed by atoms with Crippen LogP contribution in [0.5, 0.6) is 0 Å². The first-order chi connectivity index (χ1) is 9.54. The fourth-order valence-corrected chi connectivity index (χ4v) is 2.59. The number of nitrogens with zero attached hydrogens (tertiary/aromatic N) is 3. The van der Waals surface area contributed by atoms with Crippen LogP contribution in [0, 0.1) is 6.92 Å². The average Bonchev–Trinajstić information content (AvgIpc) is 2.75. The highest BCUT2D eigenvalue weighted by Crippen LogP contribution is 2.25. The molecule has 20 heavy (non-hydrogen) atoms. The van der Waals surface area contributed by atoms with Crippen molar-refractivity contribution in [1.29, 1.82) is 0 Å². The number of hydrogen-bond donors (Lipinski definition) is 1. The van der Waals surface area contributed by atoms with E-state index in [4.69, 9.17) is 17.3 Å². The standard InChI is InChI=1S/C15H21ClN4/c1-11-13(9-18-20(11)3)15(8-17)19(2)10-12-6-4-5-7-14(12)16/h4-7,9,15H,8,10,17H2,1-3H3. The molecule has 2 aromatic rings. The number of likely N-dealkylation sites (N-methyl/N-ethyl adjacent to an activating group) is 1. The van der Waals surface area contributed by atoms with Gasteiger partial charge in [0.25, 0.3) is 0 Å². The summed E-state index contributed by atoms with van der Waals surface area (Å²) < 4.78 is 1.88. The molecule has 0 aliphatic carbocycles. The third-order valence-corrected chi connectivity index (χ3v) is 4.13. The summed E-state index contributed by atoms with van der Waals surface area (Å²) in [5, 5.41) is 5.09. The maximum atomic E-state index is 6.22. The zero-order valence-corrected chi connectivity index (χ0v) is 12.9. The minimum absolute atomic E-state index is 0.139. The Bertz CT molecular complexity index is 579. The molecule has 108 valence electrons. The first-order valence-electron chi connectivity index (χ1n) is 6.66. The lowest BCUT2D eigenvalue weighted by atomic mass is 10.1. The predicted molar refractivity (Wildman–Crippen MR) is 82.7 cm³/mol. The predicted octanol–water partition coefficient (Wildman–Crippen LogP) is 2.51. The first-order valence-corrected chi connectivity index (χ1v) is 7.04. The smallest absolute Gasteiger partial charge is 0.0540 e. The molecule has 1 atom stereocenters. The van der Waals surface area contributed by atoms with E-state index in [0.29, 0.717) is 6.54 Å². The summed E-state index contributed by atoms with van der Waals surface area (Å²) in [5.74, 6) is 0. The van der Waals surface area contributed by atoms with E-state index in [2.05, 4.69) is 24.0 Å². The van der Waals surface area contributed by atoms with Gasteiger partial charge in [0, 0.05) is 36.4 Å². The summed E-state index contributed by atoms with van der Waals surface area (Å²) in [5.41, 5.74) is 9.39. The third kappa shape index (κ3) is 3.03. The minimum Gasteiger partial charge on any atom is -0.329 e. The second kappa shape index (κ2) is 6.39. The van der Waals surface area contributed by atoms with Crippen LogP contribution in [0.4, 0.5) is 0 Å². The van der Waals surface area contributed by atoms with Gasteiger partial charge >= 0.3 is 0 Å². The summed E-state index contributed by atoms with van der Waals surface area (Å²) in [4.78, 5) is 2.21. The van der Waals surface area contributed by atoms with Gasteiger partial charge in [-0.25, -0.2) is 0 Å². The topological polar surface area (TPSA) is 47.1 Å². The van der Waals surface area contributed by atoms with Gasteiger partial charge in [-0.15, -0.1) is 0 Å². The summed E-state index contributed by atoms with van der Waals surface area (Å²) in [6, 6.07) is 8.04. The second-order valence-electron chi connectivity index (χ2n) is 5.07. The van der Waals surface area contributed by atoms with E-state index in [1.165, 1.54) is 5.56 Å². The number of benzene rings is 1. The number of aryl methyl sites for hydroxylation is 1. The molecule has 5 heteroatoms. The number of hydrogen-bond acceptors (Lipinski definition) is 3. The Labute approximate surface area is 125 Å². The van der Waals surface area contributed by atoms with Crippen molar-refractivity contribution in [2.24, 2.45) is 12.8 Å². The largest absolute Gasteiger partial charge is 0.329 e. The van der Waals surface area contributed by atoms with Crippen molar-refractivity contribution in [1.82, 2.24) is 14.7 Å². The molecule has 0 aliphatic heterocycles. The van der Waals surface area contributed by atoms with Crippen molar-refractivity contribution >= 4 is 11.6 Å². The van der Waals surface area contributed by atoms with Gasteiger partial charge in [0.2, 0.25) is 0 Å². The number of halogens is 1. The van der Waals surface area contributed by atoms with Crippen molar-refractivity contribution in [2.75, 3.05) is 13.6 Å². The van der Waals surface area contributed by atoms with Crippen molar-refractivity contribution in [3.8, 4) is 0 Å². The lowest BCUT2D eigenvalue weighted by Gasteiger charge is -2.27. The Morgan fingerprint density at radius 1 is 1.40 bits per heavy atom. The van der Waals surface area contributed by atoms with Crippen LogP contribution in [0.1, 0.15) is 22.9 Å². The second-order valence-corrected chi connectivity index (χ2v) is 5.47. The molecule has 0 saturated carbocycles. The lowest BCUT2D eigenvalue weighted by molar-refractivity contribution is 0.241. The lowest BCUT2D eigenvalue weighted by Crippen LogP contribution is -2.30. The maximum absolute atomic E-state index is 6.22. The molecular formula is C15H21ClN4. The van der Waals surface area contributed by atoms with Crippen molar-refractivity contribution in [2.45, 2.75) is 19.5 Å². The summed E-state index contributed by atoms with van der Waals surface area (Å²) in [6.45, 7) is 3.37. The zero-order valence-electron chi connectivity index (χ0n) is 12.2. The van der Waals surface area contributed by atoms with Crippen LogP contribution in [0.2, 0.25) is 5.02 Å². The van der Waals surface area contributed by atoms with Gasteiger partial charge in [-0.05, 0) is 25.6 Å². The summed E-state index contributed by atoms with van der Waals surface area (Å²) in [7, 11) is 4.01. The van der Waals surface area contributed by atoms with E-state index in [9.17, 15) is 0 Å². The normalized spacial score (nSPS) is 12.9. The molecule has 2 rings (SSSR count). The van der Waals surface area contributed by atoms with Crippen LogP contribution in [-0.4, -0.2) is 28.3 Å². The van der Waals surface area contributed by atoms with Crippen LogP contribution in [0.3, 0.4) is 0 Å². The molecule has 0 radical (unpaired) electrons. The number of nitrogens with two attached hydrogens (primary N) is 1. The van der Waals surface area contributed by atoms with Crippen molar-refractivity contribution in [3.05, 3.63) is 52.3 Å². The fourth-order valence-electron chi connectivity index (χ4n) is 2.39. The van der Waals surface area contributed by atoms with Crippen molar-refractivity contribution in [3.63, 3.8) is 0 Å². The van der Waals surface area contributed by atoms with Crippen LogP contribution >= 0.6 is 11.6 Å². The Morgan fingerprint density at radius 3 is 2.65 bits per heavy atom. The zero-order chi connectivity index (χ0) is 14.7. The van der Waals surface area contributed by atoms with Gasteiger partial charge in [0.1, 0.15) is 0 Å². The van der Waals surface area contributed by atoms with Crippen LogP contribution in [0.15, 0.2) is 30.5 Å². The molecule has 0 bridgehead atoms. The number of aromatic nitrogens is 2. The van der Waals surface area contributed by atoms with Crippen LogP contribution < -0.4 is 5.73 Å². The van der Waals surface area contributed by atoms with Gasteiger partial charge in [-0.1, -0.05) is 29.8 Å². The maximum Gasteiger partial charge on any atom is 0.0540 e. The van der Waals surface area contributed by atoms with Gasteiger partial charge in [0.05, 0.1) is 12.2 Å². The van der Waals surface area contributed by atoms with E-state index in [-0.39, 0.29) is 6.04 Å². The molecule has 1 unspecified atom stereocenters. The van der Waals surface area contributed by atoms with Crippen LogP contribution in [0.25, 0.3) is 0 Å². The molecular weight excluding hydrogens is 272 g/mol.